The van der Waals surface area contributed by atoms with Gasteiger partial charge < -0.3 is 0 Å². The molecule has 4 nitrogen and oxygen atoms in total. The second-order valence-electron chi connectivity index (χ2n) is 4.51. The number of nitrogens with zero attached hydrogens (tertiary/aromatic N) is 2. The van der Waals surface area contributed by atoms with E-state index in [-0.39, 0.29) is 17.9 Å². The lowest BCUT2D eigenvalue weighted by atomic mass is 9.69. The molecule has 2 rings (SSSR count). The summed E-state index contributed by atoms with van der Waals surface area (Å²) >= 11 is 0. The molecule has 2 aliphatic carbocycles. The zero-order valence-corrected chi connectivity index (χ0v) is 8.48. The van der Waals surface area contributed by atoms with Crippen LogP contribution in [0.25, 0.3) is 0 Å². The summed E-state index contributed by atoms with van der Waals surface area (Å²) in [7, 11) is 1.71. The molecule has 2 aliphatic rings. The Morgan fingerprint density at radius 1 is 1.29 bits per heavy atom. The lowest BCUT2D eigenvalue weighted by Gasteiger charge is -2.39. The first kappa shape index (κ1) is 9.62. The van der Waals surface area contributed by atoms with Crippen molar-refractivity contribution in [1.29, 1.82) is 0 Å². The molecule has 0 aromatic carbocycles. The van der Waals surface area contributed by atoms with Crippen LogP contribution in [-0.4, -0.2) is 23.9 Å². The number of carbonyl (C=O) groups is 1. The van der Waals surface area contributed by atoms with E-state index in [2.05, 4.69) is 5.29 Å². The largest absolute Gasteiger partial charge is 0.299 e. The van der Waals surface area contributed by atoms with Crippen LogP contribution < -0.4 is 0 Å². The van der Waals surface area contributed by atoms with Crippen molar-refractivity contribution in [2.45, 2.75) is 38.1 Å². The molecule has 0 saturated heterocycles. The third-order valence-electron chi connectivity index (χ3n) is 3.68. The van der Waals surface area contributed by atoms with E-state index in [1.807, 2.05) is 0 Å². The number of hydrogen-bond donors (Lipinski definition) is 0. The van der Waals surface area contributed by atoms with Gasteiger partial charge >= 0.3 is 0 Å². The Hall–Kier alpha value is -0.930. The van der Waals surface area contributed by atoms with Gasteiger partial charge in [0.2, 0.25) is 0 Å². The maximum Gasteiger partial charge on any atom is 0.139 e. The van der Waals surface area contributed by atoms with Gasteiger partial charge in [-0.2, -0.15) is 0 Å². The third kappa shape index (κ3) is 1.53. The molecule has 0 N–H and O–H groups in total. The van der Waals surface area contributed by atoms with E-state index in [4.69, 9.17) is 0 Å². The number of Topliss-reactive ketones (excluding diaryl/α,β-unsaturated/α-hetero) is 1. The number of hydrogen-bond acceptors (Lipinski definition) is 3. The first-order valence-electron chi connectivity index (χ1n) is 5.32. The van der Waals surface area contributed by atoms with Crippen molar-refractivity contribution < 1.29 is 4.79 Å². The summed E-state index contributed by atoms with van der Waals surface area (Å²) in [5, 5.41) is 4.42. The second-order valence-corrected chi connectivity index (χ2v) is 4.51. The van der Waals surface area contributed by atoms with Crippen LogP contribution in [0.5, 0.6) is 0 Å². The van der Waals surface area contributed by atoms with E-state index < -0.39 is 0 Å². The summed E-state index contributed by atoms with van der Waals surface area (Å²) < 4.78 is 0. The van der Waals surface area contributed by atoms with E-state index in [1.54, 1.807) is 7.05 Å². The van der Waals surface area contributed by atoms with Crippen molar-refractivity contribution in [3.05, 3.63) is 4.91 Å². The van der Waals surface area contributed by atoms with Crippen molar-refractivity contribution in [3.8, 4) is 0 Å². The Morgan fingerprint density at radius 3 is 2.36 bits per heavy atom. The molecule has 2 fully saturated rings. The average molecular weight is 196 g/mol. The summed E-state index contributed by atoms with van der Waals surface area (Å²) in [5.74, 6) is 0.847. The highest BCUT2D eigenvalue weighted by molar-refractivity contribution is 5.85. The number of rotatable bonds is 2. The Labute approximate surface area is 83.6 Å². The highest BCUT2D eigenvalue weighted by Crippen LogP contribution is 2.38. The molecule has 0 aliphatic heterocycles. The van der Waals surface area contributed by atoms with Crippen molar-refractivity contribution in [2.24, 2.45) is 17.1 Å². The number of nitroso groups, excluding NO2 is 1. The monoisotopic (exact) mass is 196 g/mol. The van der Waals surface area contributed by atoms with Gasteiger partial charge in [-0.1, -0.05) is 6.42 Å². The second kappa shape index (κ2) is 3.67. The van der Waals surface area contributed by atoms with Gasteiger partial charge in [-0.15, -0.1) is 4.91 Å². The Bertz CT molecular complexity index is 239. The Morgan fingerprint density at radius 2 is 1.86 bits per heavy atom. The van der Waals surface area contributed by atoms with E-state index >= 15 is 0 Å². The predicted molar refractivity (Wildman–Crippen MR) is 52.4 cm³/mol. The van der Waals surface area contributed by atoms with Crippen LogP contribution in [0.2, 0.25) is 0 Å². The van der Waals surface area contributed by atoms with Crippen molar-refractivity contribution in [1.82, 2.24) is 5.01 Å². The minimum Gasteiger partial charge on any atom is -0.299 e. The molecular weight excluding hydrogens is 180 g/mol. The highest BCUT2D eigenvalue weighted by atomic mass is 16.3. The summed E-state index contributed by atoms with van der Waals surface area (Å²) in [6.07, 6.45) is 4.86. The molecule has 0 aromatic heterocycles. The molecule has 0 aromatic rings. The van der Waals surface area contributed by atoms with Crippen LogP contribution in [-0.2, 0) is 4.79 Å². The Balaban J connectivity index is 2.07. The lowest BCUT2D eigenvalue weighted by molar-refractivity contribution is -0.133. The lowest BCUT2D eigenvalue weighted by Crippen LogP contribution is -2.43. The molecule has 2 bridgehead atoms. The van der Waals surface area contributed by atoms with Crippen LogP contribution in [0, 0.1) is 16.7 Å². The fraction of sp³-hybridized carbons (Fsp3) is 0.900. The number of carbonyl (C=O) groups excluding carboxylic acids is 1. The molecule has 78 valence electrons. The maximum absolute atomic E-state index is 11.7. The number of ketones is 1. The van der Waals surface area contributed by atoms with Crippen LogP contribution in [0.1, 0.15) is 32.1 Å². The first-order chi connectivity index (χ1) is 6.72. The predicted octanol–water partition coefficient (Wildman–Crippen LogP) is 1.75. The summed E-state index contributed by atoms with van der Waals surface area (Å²) in [5.41, 5.74) is 0. The van der Waals surface area contributed by atoms with Gasteiger partial charge in [0.1, 0.15) is 5.78 Å². The molecule has 0 spiro atoms. The first-order valence-corrected chi connectivity index (χ1v) is 5.32. The smallest absolute Gasteiger partial charge is 0.139 e. The molecule has 14 heavy (non-hydrogen) atoms. The SMILES string of the molecule is CN(N=O)C1CC2CCCC(C1)C2=O. The third-order valence-corrected chi connectivity index (χ3v) is 3.68. The van der Waals surface area contributed by atoms with Gasteiger partial charge in [0, 0.05) is 18.9 Å². The normalized spacial score (nSPS) is 36.6. The van der Waals surface area contributed by atoms with Crippen LogP contribution >= 0.6 is 0 Å². The van der Waals surface area contributed by atoms with E-state index in [1.165, 1.54) is 11.4 Å². The highest BCUT2D eigenvalue weighted by Gasteiger charge is 2.40. The van der Waals surface area contributed by atoms with Gasteiger partial charge in [-0.05, 0) is 25.7 Å². The average Bonchev–Trinajstić information content (AvgIpc) is 2.16. The maximum atomic E-state index is 11.7. The molecule has 0 amide bonds. The summed E-state index contributed by atoms with van der Waals surface area (Å²) in [6, 6.07) is 0.195. The van der Waals surface area contributed by atoms with E-state index in [0.717, 1.165) is 25.7 Å². The molecule has 2 atom stereocenters. The molecular formula is C10H16N2O2. The minimum absolute atomic E-state index is 0.195. The quantitative estimate of drug-likeness (QED) is 0.499. The van der Waals surface area contributed by atoms with Crippen molar-refractivity contribution in [2.75, 3.05) is 7.05 Å². The van der Waals surface area contributed by atoms with Gasteiger partial charge in [0.15, 0.2) is 0 Å². The summed E-state index contributed by atoms with van der Waals surface area (Å²) in [6.45, 7) is 0. The van der Waals surface area contributed by atoms with Crippen molar-refractivity contribution >= 4 is 5.78 Å². The topological polar surface area (TPSA) is 49.7 Å². The molecule has 0 radical (unpaired) electrons. The Kier molecular flexibility index (Phi) is 2.52. The molecule has 4 heteroatoms. The van der Waals surface area contributed by atoms with Crippen LogP contribution in [0.4, 0.5) is 0 Å². The minimum atomic E-state index is 0.195. The van der Waals surface area contributed by atoms with Gasteiger partial charge in [-0.25, -0.2) is 0 Å². The van der Waals surface area contributed by atoms with E-state index in [9.17, 15) is 9.70 Å². The van der Waals surface area contributed by atoms with E-state index in [0.29, 0.717) is 5.78 Å². The summed E-state index contributed by atoms with van der Waals surface area (Å²) in [4.78, 5) is 22.1. The zero-order chi connectivity index (χ0) is 10.1. The molecule has 0 heterocycles. The van der Waals surface area contributed by atoms with Crippen LogP contribution in [0.3, 0.4) is 0 Å². The van der Waals surface area contributed by atoms with Gasteiger partial charge in [0.25, 0.3) is 0 Å². The number of fused-ring (bicyclic) bond motifs is 2. The van der Waals surface area contributed by atoms with Crippen LogP contribution in [0.15, 0.2) is 5.29 Å². The molecule has 2 saturated carbocycles. The standard InChI is InChI=1S/C10H16N2O2/c1-12(11-14)9-5-7-3-2-4-8(6-9)10(7)13/h7-9H,2-6H2,1H3. The van der Waals surface area contributed by atoms with Crippen molar-refractivity contribution in [3.63, 3.8) is 0 Å². The fourth-order valence-corrected chi connectivity index (χ4v) is 2.82. The molecule has 2 unspecified atom stereocenters. The van der Waals surface area contributed by atoms with Gasteiger partial charge in [-0.3, -0.25) is 9.80 Å². The zero-order valence-electron chi connectivity index (χ0n) is 8.48. The van der Waals surface area contributed by atoms with Gasteiger partial charge in [0.05, 0.1) is 11.3 Å². The fourth-order valence-electron chi connectivity index (χ4n) is 2.82.